The minimum Gasteiger partial charge on any atom is -0.492 e. The molecule has 0 aromatic heterocycles. The number of ether oxygens (including phenoxy) is 1. The predicted molar refractivity (Wildman–Crippen MR) is 71.5 cm³/mol. The van der Waals surface area contributed by atoms with Crippen molar-refractivity contribution >= 4 is 0 Å². The molecule has 3 nitrogen and oxygen atoms in total. The Morgan fingerprint density at radius 3 is 3.00 bits per heavy atom. The number of nitrogens with zero attached hydrogens (tertiary/aromatic N) is 2. The number of rotatable bonds is 5. The Balaban J connectivity index is 1.71. The van der Waals surface area contributed by atoms with E-state index in [1.807, 2.05) is 18.2 Å². The summed E-state index contributed by atoms with van der Waals surface area (Å²) < 4.78 is 5.67. The Bertz CT molecular complexity index is 425. The van der Waals surface area contributed by atoms with E-state index >= 15 is 0 Å². The summed E-state index contributed by atoms with van der Waals surface area (Å²) in [7, 11) is 0. The van der Waals surface area contributed by atoms with Crippen molar-refractivity contribution in [2.24, 2.45) is 5.92 Å². The summed E-state index contributed by atoms with van der Waals surface area (Å²) >= 11 is 0. The van der Waals surface area contributed by atoms with E-state index in [-0.39, 0.29) is 0 Å². The maximum atomic E-state index is 8.94. The summed E-state index contributed by atoms with van der Waals surface area (Å²) in [6, 6.07) is 9.55. The standard InChI is InChI=1S/C15H20N2O/c1-13-7-9-17(12-13)8-4-10-18-15-6-3-2-5-14(15)11-16/h2-3,5-6,13H,4,7-10,12H2,1H3. The van der Waals surface area contributed by atoms with Gasteiger partial charge >= 0.3 is 0 Å². The number of nitriles is 1. The Morgan fingerprint density at radius 1 is 1.44 bits per heavy atom. The second kappa shape index (κ2) is 6.42. The lowest BCUT2D eigenvalue weighted by Crippen LogP contribution is -2.23. The molecule has 1 aromatic carbocycles. The van der Waals surface area contributed by atoms with Crippen molar-refractivity contribution in [1.29, 1.82) is 5.26 Å². The van der Waals surface area contributed by atoms with Gasteiger partial charge in [-0.15, -0.1) is 0 Å². The van der Waals surface area contributed by atoms with E-state index < -0.39 is 0 Å². The van der Waals surface area contributed by atoms with Crippen LogP contribution in [0.15, 0.2) is 24.3 Å². The maximum absolute atomic E-state index is 8.94. The zero-order valence-corrected chi connectivity index (χ0v) is 10.9. The Kier molecular flexibility index (Phi) is 4.60. The summed E-state index contributed by atoms with van der Waals surface area (Å²) in [5, 5.41) is 8.94. The average molecular weight is 244 g/mol. The molecular weight excluding hydrogens is 224 g/mol. The van der Waals surface area contributed by atoms with Gasteiger partial charge in [-0.1, -0.05) is 19.1 Å². The van der Waals surface area contributed by atoms with Gasteiger partial charge in [0.25, 0.3) is 0 Å². The number of benzene rings is 1. The largest absolute Gasteiger partial charge is 0.492 e. The van der Waals surface area contributed by atoms with Gasteiger partial charge in [-0.05, 0) is 37.4 Å². The van der Waals surface area contributed by atoms with Gasteiger partial charge in [0, 0.05) is 13.1 Å². The molecule has 1 aliphatic rings. The summed E-state index contributed by atoms with van der Waals surface area (Å²) in [5.41, 5.74) is 0.618. The molecule has 0 saturated carbocycles. The minimum absolute atomic E-state index is 0.618. The lowest BCUT2D eigenvalue weighted by atomic mass is 10.2. The van der Waals surface area contributed by atoms with Crippen molar-refractivity contribution in [1.82, 2.24) is 4.90 Å². The second-order valence-corrected chi connectivity index (χ2v) is 5.00. The van der Waals surface area contributed by atoms with E-state index in [0.717, 1.165) is 18.9 Å². The quantitative estimate of drug-likeness (QED) is 0.747. The second-order valence-electron chi connectivity index (χ2n) is 5.00. The molecule has 1 heterocycles. The van der Waals surface area contributed by atoms with Crippen molar-refractivity contribution in [3.8, 4) is 11.8 Å². The molecule has 1 unspecified atom stereocenters. The third kappa shape index (κ3) is 3.48. The molecule has 0 N–H and O–H groups in total. The summed E-state index contributed by atoms with van der Waals surface area (Å²) in [4.78, 5) is 2.49. The highest BCUT2D eigenvalue weighted by Gasteiger charge is 2.17. The van der Waals surface area contributed by atoms with E-state index in [4.69, 9.17) is 10.00 Å². The third-order valence-corrected chi connectivity index (χ3v) is 3.39. The topological polar surface area (TPSA) is 36.3 Å². The first-order chi connectivity index (χ1) is 8.79. The molecule has 0 aliphatic carbocycles. The van der Waals surface area contributed by atoms with Crippen molar-refractivity contribution < 1.29 is 4.74 Å². The van der Waals surface area contributed by atoms with Crippen molar-refractivity contribution in [3.05, 3.63) is 29.8 Å². The molecular formula is C15H20N2O. The summed E-state index contributed by atoms with van der Waals surface area (Å²) in [5.74, 6) is 1.54. The first kappa shape index (κ1) is 12.9. The molecule has 3 heteroatoms. The van der Waals surface area contributed by atoms with Gasteiger partial charge in [-0.3, -0.25) is 0 Å². The van der Waals surface area contributed by atoms with E-state index in [9.17, 15) is 0 Å². The molecule has 2 rings (SSSR count). The molecule has 96 valence electrons. The van der Waals surface area contributed by atoms with Gasteiger partial charge in [-0.25, -0.2) is 0 Å². The van der Waals surface area contributed by atoms with Gasteiger partial charge in [0.15, 0.2) is 0 Å². The average Bonchev–Trinajstić information content (AvgIpc) is 2.81. The van der Waals surface area contributed by atoms with Crippen LogP contribution in [0.3, 0.4) is 0 Å². The number of likely N-dealkylation sites (tertiary alicyclic amines) is 1. The summed E-state index contributed by atoms with van der Waals surface area (Å²) in [6.07, 6.45) is 2.34. The lowest BCUT2D eigenvalue weighted by molar-refractivity contribution is 0.259. The maximum Gasteiger partial charge on any atom is 0.137 e. The number of para-hydroxylation sites is 1. The minimum atomic E-state index is 0.618. The summed E-state index contributed by atoms with van der Waals surface area (Å²) in [6.45, 7) is 6.52. The van der Waals surface area contributed by atoms with Gasteiger partial charge in [0.2, 0.25) is 0 Å². The Labute approximate surface area is 109 Å². The zero-order chi connectivity index (χ0) is 12.8. The molecule has 1 aromatic rings. The molecule has 0 radical (unpaired) electrons. The monoisotopic (exact) mass is 244 g/mol. The van der Waals surface area contributed by atoms with E-state index in [0.29, 0.717) is 17.9 Å². The van der Waals surface area contributed by atoms with Crippen LogP contribution in [-0.2, 0) is 0 Å². The number of hydrogen-bond donors (Lipinski definition) is 0. The van der Waals surface area contributed by atoms with Gasteiger partial charge in [0.1, 0.15) is 11.8 Å². The molecule has 1 atom stereocenters. The van der Waals surface area contributed by atoms with Crippen LogP contribution in [0, 0.1) is 17.2 Å². The normalized spacial score (nSPS) is 19.7. The fourth-order valence-corrected chi connectivity index (χ4v) is 2.38. The van der Waals surface area contributed by atoms with E-state index in [2.05, 4.69) is 17.9 Å². The van der Waals surface area contributed by atoms with Gasteiger partial charge < -0.3 is 9.64 Å². The number of hydrogen-bond acceptors (Lipinski definition) is 3. The SMILES string of the molecule is CC1CCN(CCCOc2ccccc2C#N)C1. The van der Waals surface area contributed by atoms with Crippen molar-refractivity contribution in [3.63, 3.8) is 0 Å². The Hall–Kier alpha value is -1.53. The first-order valence-corrected chi connectivity index (χ1v) is 6.64. The van der Waals surface area contributed by atoms with Crippen LogP contribution in [0.4, 0.5) is 0 Å². The van der Waals surface area contributed by atoms with Gasteiger partial charge in [-0.2, -0.15) is 5.26 Å². The van der Waals surface area contributed by atoms with Crippen LogP contribution in [-0.4, -0.2) is 31.1 Å². The van der Waals surface area contributed by atoms with Crippen molar-refractivity contribution in [2.45, 2.75) is 19.8 Å². The van der Waals surface area contributed by atoms with E-state index in [1.165, 1.54) is 19.5 Å². The third-order valence-electron chi connectivity index (χ3n) is 3.39. The molecule has 0 spiro atoms. The van der Waals surface area contributed by atoms with Crippen LogP contribution >= 0.6 is 0 Å². The molecule has 0 bridgehead atoms. The highest BCUT2D eigenvalue weighted by Crippen LogP contribution is 2.17. The first-order valence-electron chi connectivity index (χ1n) is 6.64. The fourth-order valence-electron chi connectivity index (χ4n) is 2.38. The zero-order valence-electron chi connectivity index (χ0n) is 10.9. The highest BCUT2D eigenvalue weighted by atomic mass is 16.5. The van der Waals surface area contributed by atoms with Crippen molar-refractivity contribution in [2.75, 3.05) is 26.2 Å². The van der Waals surface area contributed by atoms with Crippen LogP contribution in [0.1, 0.15) is 25.3 Å². The smallest absolute Gasteiger partial charge is 0.137 e. The highest BCUT2D eigenvalue weighted by molar-refractivity contribution is 5.42. The van der Waals surface area contributed by atoms with Gasteiger partial charge in [0.05, 0.1) is 12.2 Å². The molecule has 18 heavy (non-hydrogen) atoms. The Morgan fingerprint density at radius 2 is 2.28 bits per heavy atom. The molecule has 1 fully saturated rings. The van der Waals surface area contributed by atoms with E-state index in [1.54, 1.807) is 6.07 Å². The van der Waals surface area contributed by atoms with Crippen LogP contribution in [0.25, 0.3) is 0 Å². The molecule has 1 saturated heterocycles. The predicted octanol–water partition coefficient (Wildman–Crippen LogP) is 2.67. The molecule has 0 amide bonds. The lowest BCUT2D eigenvalue weighted by Gasteiger charge is -2.15. The van der Waals surface area contributed by atoms with Crippen LogP contribution in [0.5, 0.6) is 5.75 Å². The fraction of sp³-hybridized carbons (Fsp3) is 0.533. The van der Waals surface area contributed by atoms with Crippen LogP contribution < -0.4 is 4.74 Å². The van der Waals surface area contributed by atoms with Crippen LogP contribution in [0.2, 0.25) is 0 Å². The molecule has 1 aliphatic heterocycles.